The quantitative estimate of drug-likeness (QED) is 0.388. The molecular formula is C32H41ClN2O5S. The van der Waals surface area contributed by atoms with Crippen LogP contribution in [0.4, 0.5) is 5.69 Å². The largest absolute Gasteiger partial charge is 0.487 e. The molecular weight excluding hydrogens is 560 g/mol. The first-order chi connectivity index (χ1) is 19.6. The van der Waals surface area contributed by atoms with Gasteiger partial charge in [-0.1, -0.05) is 43.7 Å². The molecule has 1 aliphatic carbocycles. The lowest BCUT2D eigenvalue weighted by Crippen LogP contribution is -2.51. The van der Waals surface area contributed by atoms with E-state index in [0.29, 0.717) is 43.2 Å². The van der Waals surface area contributed by atoms with Crippen LogP contribution in [0.2, 0.25) is 5.02 Å². The van der Waals surface area contributed by atoms with E-state index in [9.17, 15) is 18.3 Å². The lowest BCUT2D eigenvalue weighted by Gasteiger charge is -2.51. The maximum atomic E-state index is 13.3. The van der Waals surface area contributed by atoms with Gasteiger partial charge in [0, 0.05) is 29.1 Å². The number of fused-ring (bicyclic) bond motifs is 3. The second kappa shape index (κ2) is 12.4. The number of allylic oxidation sites excluding steroid dienone is 1. The van der Waals surface area contributed by atoms with E-state index >= 15 is 0 Å². The number of aliphatic hydroxyl groups is 1. The minimum atomic E-state index is -3.88. The summed E-state index contributed by atoms with van der Waals surface area (Å²) in [6.45, 7) is 5.76. The molecule has 1 amide bonds. The fraction of sp³-hybridized carbons (Fsp3) is 0.531. The van der Waals surface area contributed by atoms with E-state index in [1.165, 1.54) is 5.56 Å². The Morgan fingerprint density at radius 1 is 1.15 bits per heavy atom. The number of sulfonamides is 1. The average Bonchev–Trinajstić information content (AvgIpc) is 2.97. The van der Waals surface area contributed by atoms with Crippen molar-refractivity contribution in [1.82, 2.24) is 4.72 Å². The first-order valence-corrected chi connectivity index (χ1v) is 16.7. The Kier molecular flexibility index (Phi) is 9.02. The third-order valence-electron chi connectivity index (χ3n) is 9.42. The number of carbonyl (C=O) groups excluding carboxylic acids is 1. The van der Waals surface area contributed by atoms with Crippen LogP contribution < -0.4 is 14.4 Å². The molecule has 41 heavy (non-hydrogen) atoms. The van der Waals surface area contributed by atoms with Gasteiger partial charge in [0.05, 0.1) is 17.0 Å². The molecule has 1 saturated carbocycles. The van der Waals surface area contributed by atoms with E-state index in [1.54, 1.807) is 18.2 Å². The molecule has 0 unspecified atom stereocenters. The van der Waals surface area contributed by atoms with Gasteiger partial charge in [-0.2, -0.15) is 0 Å². The number of hydrogen-bond acceptors (Lipinski definition) is 6. The Morgan fingerprint density at radius 3 is 2.73 bits per heavy atom. The molecule has 3 aliphatic rings. The van der Waals surface area contributed by atoms with E-state index < -0.39 is 27.3 Å². The number of amides is 1. The van der Waals surface area contributed by atoms with Crippen LogP contribution in [0, 0.1) is 11.3 Å². The van der Waals surface area contributed by atoms with Crippen molar-refractivity contribution >= 4 is 33.2 Å². The van der Waals surface area contributed by atoms with Crippen molar-refractivity contribution in [3.8, 4) is 5.75 Å². The molecule has 0 aromatic heterocycles. The van der Waals surface area contributed by atoms with Crippen molar-refractivity contribution in [1.29, 1.82) is 0 Å². The van der Waals surface area contributed by atoms with E-state index in [1.807, 2.05) is 37.3 Å². The molecule has 2 N–H and O–H groups in total. The van der Waals surface area contributed by atoms with Gasteiger partial charge < -0.3 is 14.7 Å². The van der Waals surface area contributed by atoms with Gasteiger partial charge in [0.2, 0.25) is 10.0 Å². The summed E-state index contributed by atoms with van der Waals surface area (Å²) in [5, 5.41) is 11.2. The highest BCUT2D eigenvalue weighted by atomic mass is 35.5. The highest BCUT2D eigenvalue weighted by molar-refractivity contribution is 7.90. The van der Waals surface area contributed by atoms with Crippen LogP contribution >= 0.6 is 11.6 Å². The fourth-order valence-electron chi connectivity index (χ4n) is 6.42. The summed E-state index contributed by atoms with van der Waals surface area (Å²) in [6.07, 6.45) is 9.08. The van der Waals surface area contributed by atoms with Gasteiger partial charge in [0.1, 0.15) is 12.4 Å². The Hall–Kier alpha value is -2.55. The van der Waals surface area contributed by atoms with Gasteiger partial charge in [-0.25, -0.2) is 13.1 Å². The second-order valence-electron chi connectivity index (χ2n) is 12.0. The number of rotatable bonds is 1. The first-order valence-electron chi connectivity index (χ1n) is 14.8. The van der Waals surface area contributed by atoms with Crippen molar-refractivity contribution < 1.29 is 23.1 Å². The predicted molar refractivity (Wildman–Crippen MR) is 163 cm³/mol. The maximum Gasteiger partial charge on any atom is 0.264 e. The molecule has 5 rings (SSSR count). The Balaban J connectivity index is 1.56. The minimum Gasteiger partial charge on any atom is -0.487 e. The molecule has 2 heterocycles. The van der Waals surface area contributed by atoms with Gasteiger partial charge >= 0.3 is 0 Å². The van der Waals surface area contributed by atoms with Gasteiger partial charge in [0.25, 0.3) is 5.91 Å². The van der Waals surface area contributed by atoms with Crippen LogP contribution in [-0.2, 0) is 23.1 Å². The monoisotopic (exact) mass is 600 g/mol. The fourth-order valence-corrected chi connectivity index (χ4v) is 8.04. The summed E-state index contributed by atoms with van der Waals surface area (Å²) in [5.41, 5.74) is 3.01. The zero-order valence-electron chi connectivity index (χ0n) is 23.9. The summed E-state index contributed by atoms with van der Waals surface area (Å²) in [5.74, 6) is 0.263. The third kappa shape index (κ3) is 6.45. The van der Waals surface area contributed by atoms with Crippen LogP contribution in [-0.4, -0.2) is 43.9 Å². The molecule has 4 atom stereocenters. The second-order valence-corrected chi connectivity index (χ2v) is 14.4. The maximum absolute atomic E-state index is 13.3. The number of aliphatic hydroxyl groups excluding tert-OH is 1. The molecule has 222 valence electrons. The number of hydrogen-bond donors (Lipinski definition) is 2. The normalized spacial score (nSPS) is 29.4. The van der Waals surface area contributed by atoms with Crippen molar-refractivity contribution in [3.05, 3.63) is 70.3 Å². The Bertz CT molecular complexity index is 1410. The van der Waals surface area contributed by atoms with Crippen molar-refractivity contribution in [3.63, 3.8) is 0 Å². The van der Waals surface area contributed by atoms with Crippen LogP contribution in [0.5, 0.6) is 5.75 Å². The standard InChI is InChI=1S/C32H41ClN2O5S/c1-3-27-9-4-5-10-30(36)32(2)16-15-25(32)20-35-17-7-6-8-22-18-26(33)13-11-24(22)21-40-29-14-12-23(19-28(29)35)31(37)34-41(27,38)39/h5,10-14,18-19,25,27,30,36H,3-4,6-9,15-17,20-21H2,1-2H3,(H,34,37)/b10-5+/t25-,27-,30-,32+/m1/s1. The predicted octanol–water partition coefficient (Wildman–Crippen LogP) is 6.03. The van der Waals surface area contributed by atoms with Crippen molar-refractivity contribution in [2.45, 2.75) is 83.2 Å². The third-order valence-corrected chi connectivity index (χ3v) is 11.6. The Labute approximate surface area is 249 Å². The molecule has 0 radical (unpaired) electrons. The zero-order chi connectivity index (χ0) is 29.2. The number of benzene rings is 2. The van der Waals surface area contributed by atoms with Gasteiger partial charge in [0.15, 0.2) is 0 Å². The van der Waals surface area contributed by atoms with E-state index in [4.69, 9.17) is 16.3 Å². The summed E-state index contributed by atoms with van der Waals surface area (Å²) in [6, 6.07) is 11.1. The molecule has 0 saturated heterocycles. The SMILES string of the molecule is CC[C@@H]1CC/C=C/[C@@H](O)[C@@]2(C)CC[C@@H]2CN2CCCCc3cc(Cl)ccc3COc3ccc(cc32)C(=O)NS1(=O)=O. The highest BCUT2D eigenvalue weighted by Gasteiger charge is 2.47. The highest BCUT2D eigenvalue weighted by Crippen LogP contribution is 2.50. The first kappa shape index (κ1) is 29.9. The minimum absolute atomic E-state index is 0.255. The lowest BCUT2D eigenvalue weighted by molar-refractivity contribution is -0.0466. The summed E-state index contributed by atoms with van der Waals surface area (Å²) in [7, 11) is -3.88. The van der Waals surface area contributed by atoms with Crippen molar-refractivity contribution in [2.75, 3.05) is 18.0 Å². The zero-order valence-corrected chi connectivity index (χ0v) is 25.5. The topological polar surface area (TPSA) is 95.9 Å². The van der Waals surface area contributed by atoms with Gasteiger partial charge in [-0.3, -0.25) is 4.79 Å². The molecule has 2 aromatic rings. The number of nitrogens with one attached hydrogen (secondary N) is 1. The van der Waals surface area contributed by atoms with Crippen LogP contribution in [0.25, 0.3) is 0 Å². The molecule has 0 spiro atoms. The molecule has 7 nitrogen and oxygen atoms in total. The number of aryl methyl sites for hydroxylation is 1. The number of halogens is 1. The van der Waals surface area contributed by atoms with Crippen LogP contribution in [0.15, 0.2) is 48.6 Å². The average molecular weight is 601 g/mol. The van der Waals surface area contributed by atoms with Gasteiger partial charge in [-0.05, 0) is 98.7 Å². The van der Waals surface area contributed by atoms with E-state index in [2.05, 4.69) is 16.5 Å². The number of nitrogens with zero attached hydrogens (tertiary/aromatic N) is 1. The molecule has 1 fully saturated rings. The van der Waals surface area contributed by atoms with Crippen LogP contribution in [0.3, 0.4) is 0 Å². The number of carbonyl (C=O) groups is 1. The number of ether oxygens (including phenoxy) is 1. The number of anilines is 1. The van der Waals surface area contributed by atoms with E-state index in [0.717, 1.165) is 49.9 Å². The molecule has 2 bridgehead atoms. The lowest BCUT2D eigenvalue weighted by atomic mass is 9.58. The van der Waals surface area contributed by atoms with Gasteiger partial charge in [-0.15, -0.1) is 0 Å². The molecule has 2 aliphatic heterocycles. The molecule has 9 heteroatoms. The summed E-state index contributed by atoms with van der Waals surface area (Å²) in [4.78, 5) is 15.6. The van der Waals surface area contributed by atoms with E-state index in [-0.39, 0.29) is 16.9 Å². The Morgan fingerprint density at radius 2 is 1.98 bits per heavy atom. The summed E-state index contributed by atoms with van der Waals surface area (Å²) < 4.78 is 35.0. The molecule has 2 aromatic carbocycles. The summed E-state index contributed by atoms with van der Waals surface area (Å²) >= 11 is 6.31. The van der Waals surface area contributed by atoms with Crippen LogP contribution in [0.1, 0.15) is 80.3 Å². The smallest absolute Gasteiger partial charge is 0.264 e. The van der Waals surface area contributed by atoms with Crippen molar-refractivity contribution in [2.24, 2.45) is 11.3 Å².